The number of aryl methyl sites for hydroxylation is 1. The number of hydrogen-bond acceptors (Lipinski definition) is 6. The summed E-state index contributed by atoms with van der Waals surface area (Å²) in [7, 11) is 1.48. The van der Waals surface area contributed by atoms with Crippen molar-refractivity contribution in [3.8, 4) is 28.3 Å². The van der Waals surface area contributed by atoms with Crippen molar-refractivity contribution < 1.29 is 19.1 Å². The molecule has 0 saturated carbocycles. The van der Waals surface area contributed by atoms with Crippen molar-refractivity contribution in [2.24, 2.45) is 0 Å². The predicted octanol–water partition coefficient (Wildman–Crippen LogP) is 6.73. The van der Waals surface area contributed by atoms with Crippen LogP contribution in [0.15, 0.2) is 91.0 Å². The Labute approximate surface area is 230 Å². The van der Waals surface area contributed by atoms with E-state index in [1.54, 1.807) is 30.3 Å². The number of methoxy groups -OCH3 is 1. The monoisotopic (exact) mass is 537 g/mol. The third-order valence-corrected chi connectivity index (χ3v) is 6.49. The molecule has 1 heterocycles. The topological polar surface area (TPSA) is 90.4 Å². The molecule has 1 aromatic heterocycles. The fourth-order valence-corrected chi connectivity index (χ4v) is 4.26. The van der Waals surface area contributed by atoms with Crippen LogP contribution in [-0.2, 0) is 9.53 Å². The minimum Gasteiger partial charge on any atom is -0.495 e. The molecule has 39 heavy (non-hydrogen) atoms. The number of ether oxygens (including phenoxy) is 2. The summed E-state index contributed by atoms with van der Waals surface area (Å²) in [6.45, 7) is 1.33. The molecule has 8 heteroatoms. The zero-order chi connectivity index (χ0) is 27.4. The molecule has 5 aromatic rings. The normalized spacial score (nSPS) is 10.7. The number of carbonyl (C=O) groups is 2. The number of carbonyl (C=O) groups excluding carboxylic acids is 2. The van der Waals surface area contributed by atoms with Gasteiger partial charge in [-0.05, 0) is 36.8 Å². The maximum atomic E-state index is 12.8. The van der Waals surface area contributed by atoms with Gasteiger partial charge in [-0.1, -0.05) is 72.3 Å². The van der Waals surface area contributed by atoms with Gasteiger partial charge in [0.2, 0.25) is 0 Å². The Morgan fingerprint density at radius 3 is 2.05 bits per heavy atom. The Balaban J connectivity index is 1.38. The summed E-state index contributed by atoms with van der Waals surface area (Å²) >= 11 is 6.13. The molecule has 0 saturated heterocycles. The van der Waals surface area contributed by atoms with Gasteiger partial charge in [0.15, 0.2) is 6.61 Å². The molecule has 7 nitrogen and oxygen atoms in total. The molecule has 1 amide bonds. The number of nitrogens with zero attached hydrogens (tertiary/aromatic N) is 2. The Hall–Kier alpha value is -4.75. The van der Waals surface area contributed by atoms with Gasteiger partial charge < -0.3 is 14.8 Å². The highest BCUT2D eigenvalue weighted by Gasteiger charge is 2.17. The summed E-state index contributed by atoms with van der Waals surface area (Å²) in [5.41, 5.74) is 5.92. The molecule has 0 fully saturated rings. The Morgan fingerprint density at radius 1 is 0.821 bits per heavy atom. The zero-order valence-electron chi connectivity index (χ0n) is 21.3. The summed E-state index contributed by atoms with van der Waals surface area (Å²) in [6, 6.07) is 27.8. The average Bonchev–Trinajstić information content (AvgIpc) is 2.97. The summed E-state index contributed by atoms with van der Waals surface area (Å²) < 4.78 is 10.6. The van der Waals surface area contributed by atoms with Crippen LogP contribution in [0.3, 0.4) is 0 Å². The van der Waals surface area contributed by atoms with E-state index in [2.05, 4.69) is 5.32 Å². The Kier molecular flexibility index (Phi) is 7.52. The van der Waals surface area contributed by atoms with Gasteiger partial charge in [-0.15, -0.1) is 0 Å². The second kappa shape index (κ2) is 11.3. The fraction of sp³-hybridized carbons (Fsp3) is 0.0968. The van der Waals surface area contributed by atoms with Gasteiger partial charge >= 0.3 is 5.97 Å². The van der Waals surface area contributed by atoms with E-state index < -0.39 is 18.5 Å². The van der Waals surface area contributed by atoms with E-state index in [0.717, 1.165) is 22.4 Å². The number of nitrogens with one attached hydrogen (secondary N) is 1. The molecule has 5 rings (SSSR count). The van der Waals surface area contributed by atoms with Crippen molar-refractivity contribution in [2.75, 3.05) is 19.0 Å². The highest BCUT2D eigenvalue weighted by molar-refractivity contribution is 6.31. The standard InChI is InChI=1S/C31H24ClN3O4/c1-19-15-26(27(38-2)17-23(19)32)33-28(36)18-39-31(37)22-13-14-24-25(16-22)35-30(21-11-7-4-8-12-21)29(34-24)20-9-5-3-6-10-20/h3-17H,18H2,1-2H3,(H,33,36). The Morgan fingerprint density at radius 2 is 1.44 bits per heavy atom. The van der Waals surface area contributed by atoms with Gasteiger partial charge in [0, 0.05) is 22.2 Å². The lowest BCUT2D eigenvalue weighted by Crippen LogP contribution is -2.21. The number of esters is 1. The lowest BCUT2D eigenvalue weighted by atomic mass is 10.0. The van der Waals surface area contributed by atoms with Crippen molar-refractivity contribution in [1.29, 1.82) is 0 Å². The highest BCUT2D eigenvalue weighted by atomic mass is 35.5. The average molecular weight is 538 g/mol. The molecule has 0 aliphatic heterocycles. The number of fused-ring (bicyclic) bond motifs is 1. The largest absolute Gasteiger partial charge is 0.495 e. The van der Waals surface area contributed by atoms with Crippen molar-refractivity contribution in [3.63, 3.8) is 0 Å². The number of rotatable bonds is 7. The first-order valence-corrected chi connectivity index (χ1v) is 12.5. The molecule has 1 N–H and O–H groups in total. The van der Waals surface area contributed by atoms with Crippen molar-refractivity contribution >= 4 is 40.2 Å². The van der Waals surface area contributed by atoms with Crippen LogP contribution < -0.4 is 10.1 Å². The molecular formula is C31H24ClN3O4. The van der Waals surface area contributed by atoms with E-state index in [-0.39, 0.29) is 5.56 Å². The van der Waals surface area contributed by atoms with Crippen LogP contribution >= 0.6 is 11.6 Å². The first-order chi connectivity index (χ1) is 18.9. The molecule has 4 aromatic carbocycles. The predicted molar refractivity (Wildman–Crippen MR) is 152 cm³/mol. The minimum atomic E-state index is -0.651. The third kappa shape index (κ3) is 5.73. The summed E-state index contributed by atoms with van der Waals surface area (Å²) in [4.78, 5) is 35.1. The number of anilines is 1. The van der Waals surface area contributed by atoms with E-state index in [0.29, 0.717) is 33.2 Å². The Bertz CT molecular complexity index is 1670. The summed E-state index contributed by atoms with van der Waals surface area (Å²) in [6.07, 6.45) is 0. The van der Waals surface area contributed by atoms with Crippen LogP contribution in [0.25, 0.3) is 33.5 Å². The van der Waals surface area contributed by atoms with E-state index in [4.69, 9.17) is 31.0 Å². The van der Waals surface area contributed by atoms with Crippen molar-refractivity contribution in [2.45, 2.75) is 6.92 Å². The van der Waals surface area contributed by atoms with Crippen molar-refractivity contribution in [3.05, 3.63) is 107 Å². The molecule has 0 bridgehead atoms. The second-order valence-corrected chi connectivity index (χ2v) is 9.19. The number of hydrogen-bond donors (Lipinski definition) is 1. The van der Waals surface area contributed by atoms with Crippen LogP contribution in [0.1, 0.15) is 15.9 Å². The maximum absolute atomic E-state index is 12.8. The van der Waals surface area contributed by atoms with Gasteiger partial charge in [0.25, 0.3) is 5.91 Å². The molecule has 0 unspecified atom stereocenters. The second-order valence-electron chi connectivity index (χ2n) is 8.78. The van der Waals surface area contributed by atoms with Crippen molar-refractivity contribution in [1.82, 2.24) is 9.97 Å². The summed E-state index contributed by atoms with van der Waals surface area (Å²) in [5, 5.41) is 3.21. The van der Waals surface area contributed by atoms with Crippen LogP contribution in [-0.4, -0.2) is 35.6 Å². The van der Waals surface area contributed by atoms with Crippen LogP contribution in [0.5, 0.6) is 5.75 Å². The lowest BCUT2D eigenvalue weighted by Gasteiger charge is -2.13. The molecule has 0 spiro atoms. The van der Waals surface area contributed by atoms with E-state index >= 15 is 0 Å². The third-order valence-electron chi connectivity index (χ3n) is 6.08. The smallest absolute Gasteiger partial charge is 0.338 e. The van der Waals surface area contributed by atoms with Crippen LogP contribution in [0, 0.1) is 6.92 Å². The SMILES string of the molecule is COc1cc(Cl)c(C)cc1NC(=O)COC(=O)c1ccc2nc(-c3ccccc3)c(-c3ccccc3)nc2c1. The number of halogens is 1. The molecule has 0 radical (unpaired) electrons. The highest BCUT2D eigenvalue weighted by Crippen LogP contribution is 2.32. The maximum Gasteiger partial charge on any atom is 0.338 e. The van der Waals surface area contributed by atoms with Gasteiger partial charge in [0.05, 0.1) is 40.8 Å². The van der Waals surface area contributed by atoms with Crippen LogP contribution in [0.2, 0.25) is 5.02 Å². The van der Waals surface area contributed by atoms with Gasteiger partial charge in [-0.25, -0.2) is 14.8 Å². The first-order valence-electron chi connectivity index (χ1n) is 12.2. The molecule has 0 aliphatic rings. The molecular weight excluding hydrogens is 514 g/mol. The van der Waals surface area contributed by atoms with E-state index in [1.165, 1.54) is 7.11 Å². The van der Waals surface area contributed by atoms with Crippen LogP contribution in [0.4, 0.5) is 5.69 Å². The van der Waals surface area contributed by atoms with Gasteiger partial charge in [-0.2, -0.15) is 0 Å². The molecule has 194 valence electrons. The number of benzene rings is 4. The van der Waals surface area contributed by atoms with Gasteiger partial charge in [-0.3, -0.25) is 4.79 Å². The van der Waals surface area contributed by atoms with Gasteiger partial charge in [0.1, 0.15) is 5.75 Å². The quantitative estimate of drug-likeness (QED) is 0.231. The molecule has 0 atom stereocenters. The first kappa shape index (κ1) is 25.9. The molecule has 0 aliphatic carbocycles. The number of aromatic nitrogens is 2. The zero-order valence-corrected chi connectivity index (χ0v) is 22.0. The van der Waals surface area contributed by atoms with E-state index in [9.17, 15) is 9.59 Å². The minimum absolute atomic E-state index is 0.260. The number of amides is 1. The lowest BCUT2D eigenvalue weighted by molar-refractivity contribution is -0.119. The van der Waals surface area contributed by atoms with E-state index in [1.807, 2.05) is 67.6 Å². The fourth-order valence-electron chi connectivity index (χ4n) is 4.11. The summed E-state index contributed by atoms with van der Waals surface area (Å²) in [5.74, 6) is -0.758.